The van der Waals surface area contributed by atoms with Gasteiger partial charge in [-0.2, -0.15) is 0 Å². The zero-order valence-electron chi connectivity index (χ0n) is 25.6. The van der Waals surface area contributed by atoms with E-state index in [2.05, 4.69) is 51.1 Å². The van der Waals surface area contributed by atoms with Gasteiger partial charge in [-0.3, -0.25) is 0 Å². The van der Waals surface area contributed by atoms with Crippen molar-refractivity contribution >= 4 is 0 Å². The molecule has 0 aromatic heterocycles. The Kier molecular flexibility index (Phi) is 9.00. The summed E-state index contributed by atoms with van der Waals surface area (Å²) in [5, 5.41) is 9.51. The third-order valence-corrected chi connectivity index (χ3v) is 13.0. The van der Waals surface area contributed by atoms with E-state index in [1.807, 2.05) is 0 Å². The summed E-state index contributed by atoms with van der Waals surface area (Å²) in [6.45, 7) is 9.70. The van der Waals surface area contributed by atoms with Crippen LogP contribution in [0.2, 0.25) is 0 Å². The lowest BCUT2D eigenvalue weighted by molar-refractivity contribution is -0.226. The predicted molar refractivity (Wildman–Crippen MR) is 160 cm³/mol. The third-order valence-electron chi connectivity index (χ3n) is 13.0. The Bertz CT molecular complexity index is 945. The first-order chi connectivity index (χ1) is 19.4. The number of hydrogen-bond acceptors (Lipinski definition) is 4. The fourth-order valence-electron chi connectivity index (χ4n) is 10.9. The molecule has 40 heavy (non-hydrogen) atoms. The lowest BCUT2D eigenvalue weighted by Gasteiger charge is -2.63. The lowest BCUT2D eigenvalue weighted by atomic mass is 9.43. The van der Waals surface area contributed by atoms with E-state index < -0.39 is 0 Å². The first-order valence-corrected chi connectivity index (χ1v) is 17.0. The van der Waals surface area contributed by atoms with Gasteiger partial charge in [-0.1, -0.05) is 51.1 Å². The van der Waals surface area contributed by atoms with E-state index in [1.165, 1.54) is 69.8 Å². The zero-order chi connectivity index (χ0) is 27.7. The molecule has 1 N–H and O–H groups in total. The Balaban J connectivity index is 1.23. The zero-order valence-corrected chi connectivity index (χ0v) is 25.6. The van der Waals surface area contributed by atoms with Crippen LogP contribution in [0.1, 0.15) is 110 Å². The number of hydrogen-bond donors (Lipinski definition) is 1. The van der Waals surface area contributed by atoms with Gasteiger partial charge in [0.2, 0.25) is 0 Å². The lowest BCUT2D eigenvalue weighted by Crippen LogP contribution is -2.59. The highest BCUT2D eigenvalue weighted by Gasteiger charge is 2.63. The molecule has 0 amide bonds. The van der Waals surface area contributed by atoms with Crippen LogP contribution in [-0.4, -0.2) is 36.8 Å². The van der Waals surface area contributed by atoms with Gasteiger partial charge in [-0.15, -0.1) is 0 Å². The molecular weight excluding hydrogens is 496 g/mol. The van der Waals surface area contributed by atoms with Crippen molar-refractivity contribution in [3.05, 3.63) is 35.9 Å². The largest absolute Gasteiger partial charge is 0.396 e. The van der Waals surface area contributed by atoms with Crippen molar-refractivity contribution in [1.29, 1.82) is 0 Å². The van der Waals surface area contributed by atoms with Crippen molar-refractivity contribution < 1.29 is 19.3 Å². The molecule has 0 radical (unpaired) electrons. The molecule has 5 fully saturated rings. The number of rotatable bonds is 9. The predicted octanol–water partition coefficient (Wildman–Crippen LogP) is 8.16. The summed E-state index contributed by atoms with van der Waals surface area (Å²) in [6.07, 6.45) is 16.6. The fourth-order valence-corrected chi connectivity index (χ4v) is 10.9. The SMILES string of the molecule is C[C@@H](CCCO)[C@H]1CCC2C3C(OCc4ccccc4)CC4C[C@@H](OC5CCCCO5)CC[C@]4(C)C3CC[C@@]21C. The van der Waals surface area contributed by atoms with Crippen LogP contribution in [0.3, 0.4) is 0 Å². The monoisotopic (exact) mass is 552 g/mol. The minimum absolute atomic E-state index is 0.0169. The van der Waals surface area contributed by atoms with Crippen molar-refractivity contribution in [2.45, 2.75) is 129 Å². The summed E-state index contributed by atoms with van der Waals surface area (Å²) in [5.41, 5.74) is 2.10. The summed E-state index contributed by atoms with van der Waals surface area (Å²) < 4.78 is 19.6. The van der Waals surface area contributed by atoms with Gasteiger partial charge in [0.15, 0.2) is 6.29 Å². The molecule has 6 unspecified atom stereocenters. The van der Waals surface area contributed by atoms with Crippen molar-refractivity contribution in [2.75, 3.05) is 13.2 Å². The van der Waals surface area contributed by atoms with E-state index in [1.54, 1.807) is 0 Å². The second kappa shape index (κ2) is 12.3. The number of ether oxygens (including phenoxy) is 3. The highest BCUT2D eigenvalue weighted by Crippen LogP contribution is 2.69. The molecule has 4 heteroatoms. The van der Waals surface area contributed by atoms with Gasteiger partial charge in [0, 0.05) is 13.2 Å². The van der Waals surface area contributed by atoms with Gasteiger partial charge in [0.05, 0.1) is 18.8 Å². The first kappa shape index (κ1) is 29.1. The third kappa shape index (κ3) is 5.56. The van der Waals surface area contributed by atoms with Crippen LogP contribution < -0.4 is 0 Å². The van der Waals surface area contributed by atoms with Gasteiger partial charge in [-0.05, 0) is 135 Å². The molecule has 4 nitrogen and oxygen atoms in total. The summed E-state index contributed by atoms with van der Waals surface area (Å²) in [4.78, 5) is 0. The minimum Gasteiger partial charge on any atom is -0.396 e. The maximum absolute atomic E-state index is 9.51. The molecule has 4 aliphatic carbocycles. The quantitative estimate of drug-likeness (QED) is 0.314. The van der Waals surface area contributed by atoms with Crippen molar-refractivity contribution in [3.63, 3.8) is 0 Å². The number of aliphatic hydroxyl groups is 1. The Morgan fingerprint density at radius 2 is 1.75 bits per heavy atom. The number of benzene rings is 1. The van der Waals surface area contributed by atoms with E-state index in [-0.39, 0.29) is 6.29 Å². The summed E-state index contributed by atoms with van der Waals surface area (Å²) in [7, 11) is 0. The molecule has 1 saturated heterocycles. The molecule has 0 bridgehead atoms. The normalized spacial score (nSPS) is 43.9. The molecule has 1 aromatic carbocycles. The van der Waals surface area contributed by atoms with Crippen LogP contribution >= 0.6 is 0 Å². The van der Waals surface area contributed by atoms with Gasteiger partial charge in [-0.25, -0.2) is 0 Å². The molecule has 1 aromatic rings. The smallest absolute Gasteiger partial charge is 0.157 e. The minimum atomic E-state index is 0.0169. The highest BCUT2D eigenvalue weighted by molar-refractivity contribution is 5.15. The molecule has 11 atom stereocenters. The Morgan fingerprint density at radius 3 is 2.52 bits per heavy atom. The van der Waals surface area contributed by atoms with Crippen LogP contribution in [0, 0.1) is 46.3 Å². The average molecular weight is 553 g/mol. The van der Waals surface area contributed by atoms with E-state index in [4.69, 9.17) is 14.2 Å². The van der Waals surface area contributed by atoms with Crippen molar-refractivity contribution in [1.82, 2.24) is 0 Å². The van der Waals surface area contributed by atoms with Crippen LogP contribution in [-0.2, 0) is 20.8 Å². The molecule has 1 aliphatic heterocycles. The molecule has 5 aliphatic rings. The van der Waals surface area contributed by atoms with Crippen LogP contribution in [0.5, 0.6) is 0 Å². The molecule has 1 heterocycles. The second-order valence-electron chi connectivity index (χ2n) is 15.0. The van der Waals surface area contributed by atoms with E-state index in [0.29, 0.717) is 47.4 Å². The first-order valence-electron chi connectivity index (χ1n) is 17.0. The maximum atomic E-state index is 9.51. The highest BCUT2D eigenvalue weighted by atomic mass is 16.7. The molecule has 4 saturated carbocycles. The van der Waals surface area contributed by atoms with Gasteiger partial charge in [0.25, 0.3) is 0 Å². The summed E-state index contributed by atoms with van der Waals surface area (Å²) in [6, 6.07) is 10.8. The van der Waals surface area contributed by atoms with Gasteiger partial charge in [0.1, 0.15) is 0 Å². The average Bonchev–Trinajstić information content (AvgIpc) is 3.33. The molecule has 6 rings (SSSR count). The Labute approximate surface area is 243 Å². The summed E-state index contributed by atoms with van der Waals surface area (Å²) in [5.74, 6) is 4.33. The maximum Gasteiger partial charge on any atom is 0.157 e. The van der Waals surface area contributed by atoms with E-state index in [9.17, 15) is 5.11 Å². The standard InChI is InChI=1S/C36H56O4/c1-25(10-9-20-37)29-14-15-30-34-31(17-19-36(29,30)3)35(2)18-16-28(40-33-13-7-8-21-38-33)22-27(35)23-32(34)39-24-26-11-5-4-6-12-26/h4-6,11-12,25,27-34,37H,7-10,13-24H2,1-3H3/t25-,27?,28-,29+,30?,31?,32?,33?,34?,35-,36+/m0/s1. The molecule has 0 spiro atoms. The number of fused-ring (bicyclic) bond motifs is 5. The topological polar surface area (TPSA) is 47.9 Å². The van der Waals surface area contributed by atoms with Gasteiger partial charge < -0.3 is 19.3 Å². The molecule has 224 valence electrons. The van der Waals surface area contributed by atoms with Crippen LogP contribution in [0.25, 0.3) is 0 Å². The number of aliphatic hydroxyl groups excluding tert-OH is 1. The van der Waals surface area contributed by atoms with Crippen molar-refractivity contribution in [2.24, 2.45) is 46.3 Å². The van der Waals surface area contributed by atoms with E-state index >= 15 is 0 Å². The van der Waals surface area contributed by atoms with Crippen molar-refractivity contribution in [3.8, 4) is 0 Å². The molecular formula is C36H56O4. The fraction of sp³-hybridized carbons (Fsp3) is 0.833. The van der Waals surface area contributed by atoms with Crippen LogP contribution in [0.15, 0.2) is 30.3 Å². The Morgan fingerprint density at radius 1 is 0.950 bits per heavy atom. The second-order valence-corrected chi connectivity index (χ2v) is 15.0. The van der Waals surface area contributed by atoms with Gasteiger partial charge >= 0.3 is 0 Å². The van der Waals surface area contributed by atoms with E-state index in [0.717, 1.165) is 50.2 Å². The Hall–Kier alpha value is -0.940. The van der Waals surface area contributed by atoms with Crippen LogP contribution in [0.4, 0.5) is 0 Å². The summed E-state index contributed by atoms with van der Waals surface area (Å²) >= 11 is 0.